The third kappa shape index (κ3) is 2.69. The molecule has 5 heteroatoms. The van der Waals surface area contributed by atoms with Gasteiger partial charge in [-0.2, -0.15) is 5.10 Å². The standard InChI is InChI=1S/C12H13FN2O2/c1-8-6-11(15(14-8)7-12(16)17)9-2-4-10(13)5-3-9/h2-6,12,16-17H,7H2,1H3. The summed E-state index contributed by atoms with van der Waals surface area (Å²) >= 11 is 0. The van der Waals surface area contributed by atoms with Crippen molar-refractivity contribution in [2.45, 2.75) is 19.8 Å². The minimum Gasteiger partial charge on any atom is -0.367 e. The molecule has 0 aliphatic rings. The van der Waals surface area contributed by atoms with Gasteiger partial charge in [-0.3, -0.25) is 4.68 Å². The largest absolute Gasteiger partial charge is 0.367 e. The van der Waals surface area contributed by atoms with E-state index in [9.17, 15) is 4.39 Å². The highest BCUT2D eigenvalue weighted by Crippen LogP contribution is 2.21. The summed E-state index contributed by atoms with van der Waals surface area (Å²) in [4.78, 5) is 0. The molecule has 1 heterocycles. The van der Waals surface area contributed by atoms with E-state index in [1.807, 2.05) is 13.0 Å². The van der Waals surface area contributed by atoms with Crippen molar-refractivity contribution in [2.75, 3.05) is 0 Å². The molecular formula is C12H13FN2O2. The van der Waals surface area contributed by atoms with E-state index < -0.39 is 6.29 Å². The third-order valence-corrected chi connectivity index (χ3v) is 2.38. The summed E-state index contributed by atoms with van der Waals surface area (Å²) in [6, 6.07) is 7.79. The van der Waals surface area contributed by atoms with Crippen molar-refractivity contribution in [1.82, 2.24) is 9.78 Å². The molecule has 2 aromatic rings. The van der Waals surface area contributed by atoms with Gasteiger partial charge in [0.2, 0.25) is 0 Å². The van der Waals surface area contributed by atoms with Gasteiger partial charge in [0.05, 0.1) is 17.9 Å². The Bertz CT molecular complexity index is 506. The highest BCUT2D eigenvalue weighted by atomic mass is 19.1. The summed E-state index contributed by atoms with van der Waals surface area (Å²) in [6.45, 7) is 1.80. The minimum atomic E-state index is -1.46. The van der Waals surface area contributed by atoms with Crippen LogP contribution in [-0.2, 0) is 6.54 Å². The van der Waals surface area contributed by atoms with E-state index in [2.05, 4.69) is 5.10 Å². The van der Waals surface area contributed by atoms with Crippen LogP contribution in [0.25, 0.3) is 11.3 Å². The molecule has 0 atom stereocenters. The highest BCUT2D eigenvalue weighted by molar-refractivity contribution is 5.59. The number of nitrogens with zero attached hydrogens (tertiary/aromatic N) is 2. The molecule has 0 aliphatic carbocycles. The molecule has 2 N–H and O–H groups in total. The van der Waals surface area contributed by atoms with Crippen LogP contribution < -0.4 is 0 Å². The summed E-state index contributed by atoms with van der Waals surface area (Å²) < 4.78 is 14.3. The Labute approximate surface area is 97.9 Å². The number of aliphatic hydroxyl groups is 2. The quantitative estimate of drug-likeness (QED) is 0.790. The number of hydrogen-bond donors (Lipinski definition) is 2. The predicted octanol–water partition coefficient (Wildman–Crippen LogP) is 1.31. The Morgan fingerprint density at radius 2 is 1.94 bits per heavy atom. The van der Waals surface area contributed by atoms with Gasteiger partial charge in [0.25, 0.3) is 0 Å². The fourth-order valence-electron chi connectivity index (χ4n) is 1.69. The molecular weight excluding hydrogens is 223 g/mol. The van der Waals surface area contributed by atoms with Crippen LogP contribution in [0.5, 0.6) is 0 Å². The molecule has 0 radical (unpaired) electrons. The lowest BCUT2D eigenvalue weighted by molar-refractivity contribution is -0.0531. The van der Waals surface area contributed by atoms with E-state index in [-0.39, 0.29) is 12.4 Å². The van der Waals surface area contributed by atoms with E-state index in [4.69, 9.17) is 10.2 Å². The van der Waals surface area contributed by atoms with Crippen LogP contribution in [-0.4, -0.2) is 26.3 Å². The van der Waals surface area contributed by atoms with Gasteiger partial charge in [0.1, 0.15) is 5.82 Å². The van der Waals surface area contributed by atoms with Crippen LogP contribution in [0, 0.1) is 12.7 Å². The van der Waals surface area contributed by atoms with Crippen LogP contribution in [0.3, 0.4) is 0 Å². The first-order valence-corrected chi connectivity index (χ1v) is 5.23. The van der Waals surface area contributed by atoms with Crippen molar-refractivity contribution in [3.8, 4) is 11.3 Å². The van der Waals surface area contributed by atoms with Crippen molar-refractivity contribution in [2.24, 2.45) is 0 Å². The first-order chi connectivity index (χ1) is 8.06. The number of hydrogen-bond acceptors (Lipinski definition) is 3. The summed E-state index contributed by atoms with van der Waals surface area (Å²) in [6.07, 6.45) is -1.46. The molecule has 0 fully saturated rings. The van der Waals surface area contributed by atoms with Gasteiger partial charge >= 0.3 is 0 Å². The Morgan fingerprint density at radius 3 is 2.53 bits per heavy atom. The normalized spacial score (nSPS) is 11.1. The summed E-state index contributed by atoms with van der Waals surface area (Å²) in [5, 5.41) is 22.1. The molecule has 0 bridgehead atoms. The summed E-state index contributed by atoms with van der Waals surface area (Å²) in [5.74, 6) is -0.307. The molecule has 90 valence electrons. The highest BCUT2D eigenvalue weighted by Gasteiger charge is 2.10. The average Bonchev–Trinajstić information content (AvgIpc) is 2.59. The van der Waals surface area contributed by atoms with Crippen LogP contribution in [0.1, 0.15) is 5.69 Å². The lowest BCUT2D eigenvalue weighted by Crippen LogP contribution is -2.16. The van der Waals surface area contributed by atoms with E-state index in [0.717, 1.165) is 17.0 Å². The first kappa shape index (κ1) is 11.8. The Kier molecular flexibility index (Phi) is 3.21. The molecule has 0 aliphatic heterocycles. The van der Waals surface area contributed by atoms with Crippen molar-refractivity contribution >= 4 is 0 Å². The monoisotopic (exact) mass is 236 g/mol. The topological polar surface area (TPSA) is 58.3 Å². The van der Waals surface area contributed by atoms with Gasteiger partial charge in [-0.05, 0) is 42.8 Å². The minimum absolute atomic E-state index is 0.0133. The van der Waals surface area contributed by atoms with Gasteiger partial charge < -0.3 is 10.2 Å². The van der Waals surface area contributed by atoms with E-state index >= 15 is 0 Å². The fraction of sp³-hybridized carbons (Fsp3) is 0.250. The second-order valence-corrected chi connectivity index (χ2v) is 3.84. The molecule has 2 rings (SSSR count). The zero-order chi connectivity index (χ0) is 12.4. The predicted molar refractivity (Wildman–Crippen MR) is 60.6 cm³/mol. The lowest BCUT2D eigenvalue weighted by atomic mass is 10.1. The molecule has 0 unspecified atom stereocenters. The smallest absolute Gasteiger partial charge is 0.171 e. The number of aromatic nitrogens is 2. The SMILES string of the molecule is Cc1cc(-c2ccc(F)cc2)n(CC(O)O)n1. The van der Waals surface area contributed by atoms with Crippen LogP contribution in [0.4, 0.5) is 4.39 Å². The summed E-state index contributed by atoms with van der Waals surface area (Å²) in [7, 11) is 0. The lowest BCUT2D eigenvalue weighted by Gasteiger charge is -2.08. The molecule has 0 amide bonds. The molecule has 4 nitrogen and oxygen atoms in total. The molecule has 1 aromatic carbocycles. The second-order valence-electron chi connectivity index (χ2n) is 3.84. The second kappa shape index (κ2) is 4.65. The number of benzene rings is 1. The van der Waals surface area contributed by atoms with Crippen molar-refractivity contribution in [3.63, 3.8) is 0 Å². The number of halogens is 1. The number of rotatable bonds is 3. The summed E-state index contributed by atoms with van der Waals surface area (Å²) in [5.41, 5.74) is 2.29. The number of aliphatic hydroxyl groups excluding tert-OH is 1. The maximum absolute atomic E-state index is 12.8. The van der Waals surface area contributed by atoms with E-state index in [0.29, 0.717) is 0 Å². The van der Waals surface area contributed by atoms with Gasteiger partial charge in [0, 0.05) is 0 Å². The maximum Gasteiger partial charge on any atom is 0.171 e. The van der Waals surface area contributed by atoms with Gasteiger partial charge in [-0.25, -0.2) is 4.39 Å². The van der Waals surface area contributed by atoms with Crippen LogP contribution in [0.2, 0.25) is 0 Å². The Hall–Kier alpha value is -1.72. The molecule has 0 spiro atoms. The zero-order valence-electron chi connectivity index (χ0n) is 9.34. The maximum atomic E-state index is 12.8. The molecule has 1 aromatic heterocycles. The Morgan fingerprint density at radius 1 is 1.29 bits per heavy atom. The third-order valence-electron chi connectivity index (χ3n) is 2.38. The van der Waals surface area contributed by atoms with Crippen LogP contribution in [0.15, 0.2) is 30.3 Å². The van der Waals surface area contributed by atoms with Crippen molar-refractivity contribution in [1.29, 1.82) is 0 Å². The fourth-order valence-corrected chi connectivity index (χ4v) is 1.69. The average molecular weight is 236 g/mol. The van der Waals surface area contributed by atoms with Crippen molar-refractivity contribution in [3.05, 3.63) is 41.8 Å². The Balaban J connectivity index is 2.40. The van der Waals surface area contributed by atoms with Crippen molar-refractivity contribution < 1.29 is 14.6 Å². The zero-order valence-corrected chi connectivity index (χ0v) is 9.34. The first-order valence-electron chi connectivity index (χ1n) is 5.23. The molecule has 0 saturated heterocycles. The van der Waals surface area contributed by atoms with Gasteiger partial charge in [-0.1, -0.05) is 0 Å². The van der Waals surface area contributed by atoms with Gasteiger partial charge in [-0.15, -0.1) is 0 Å². The van der Waals surface area contributed by atoms with E-state index in [1.54, 1.807) is 12.1 Å². The molecule has 17 heavy (non-hydrogen) atoms. The van der Waals surface area contributed by atoms with E-state index in [1.165, 1.54) is 16.8 Å². The molecule has 0 saturated carbocycles. The number of aryl methyl sites for hydroxylation is 1. The van der Waals surface area contributed by atoms with Crippen LogP contribution >= 0.6 is 0 Å². The van der Waals surface area contributed by atoms with Gasteiger partial charge in [0.15, 0.2) is 6.29 Å².